The molecule has 0 spiro atoms. The summed E-state index contributed by atoms with van der Waals surface area (Å²) >= 11 is 0. The molecule has 2 aromatic rings. The van der Waals surface area contributed by atoms with Gasteiger partial charge in [0.1, 0.15) is 11.3 Å². The fourth-order valence-corrected chi connectivity index (χ4v) is 3.99. The van der Waals surface area contributed by atoms with E-state index in [9.17, 15) is 14.7 Å². The molecular formula is C22H26N4O3. The lowest BCUT2D eigenvalue weighted by Crippen LogP contribution is -2.61. The normalized spacial score (nSPS) is 18.9. The van der Waals surface area contributed by atoms with Crippen LogP contribution in [-0.4, -0.2) is 60.1 Å². The van der Waals surface area contributed by atoms with Crippen LogP contribution in [0.3, 0.4) is 0 Å². The second-order valence-corrected chi connectivity index (χ2v) is 8.04. The van der Waals surface area contributed by atoms with Crippen molar-refractivity contribution in [1.29, 1.82) is 0 Å². The van der Waals surface area contributed by atoms with Crippen molar-refractivity contribution < 1.29 is 14.7 Å². The Bertz CT molecular complexity index is 918. The average molecular weight is 394 g/mol. The van der Waals surface area contributed by atoms with E-state index < -0.39 is 5.54 Å². The Balaban J connectivity index is 1.44. The van der Waals surface area contributed by atoms with Crippen molar-refractivity contribution in [2.75, 3.05) is 47.8 Å². The standard InChI is InChI=1S/C22H26N4O3/c1-22(2)21(29)23-18-5-3-4-6-19(18)26(22)20(28)15-24-11-13-25(14-12-24)16-7-9-17(27)10-8-16/h3-10,27H,11-15H2,1-2H3,(H,23,29). The third-order valence-electron chi connectivity index (χ3n) is 5.70. The van der Waals surface area contributed by atoms with Crippen molar-refractivity contribution in [3.63, 3.8) is 0 Å². The molecule has 0 aromatic heterocycles. The fraction of sp³-hybridized carbons (Fsp3) is 0.364. The summed E-state index contributed by atoms with van der Waals surface area (Å²) in [6, 6.07) is 14.6. The van der Waals surface area contributed by atoms with Crippen LogP contribution >= 0.6 is 0 Å². The molecule has 29 heavy (non-hydrogen) atoms. The Labute approximate surface area is 170 Å². The molecule has 2 aromatic carbocycles. The minimum Gasteiger partial charge on any atom is -0.508 e. The zero-order valence-electron chi connectivity index (χ0n) is 16.8. The van der Waals surface area contributed by atoms with E-state index in [1.807, 2.05) is 36.4 Å². The molecule has 2 aliphatic rings. The lowest BCUT2D eigenvalue weighted by Gasteiger charge is -2.43. The molecular weight excluding hydrogens is 368 g/mol. The van der Waals surface area contributed by atoms with E-state index in [4.69, 9.17) is 0 Å². The van der Waals surface area contributed by atoms with Crippen molar-refractivity contribution in [2.24, 2.45) is 0 Å². The van der Waals surface area contributed by atoms with Gasteiger partial charge in [-0.05, 0) is 50.2 Å². The van der Waals surface area contributed by atoms with Gasteiger partial charge in [-0.3, -0.25) is 19.4 Å². The molecule has 1 saturated heterocycles. The molecule has 1 fully saturated rings. The van der Waals surface area contributed by atoms with Crippen LogP contribution in [0.2, 0.25) is 0 Å². The van der Waals surface area contributed by atoms with Gasteiger partial charge in [0, 0.05) is 31.9 Å². The number of carbonyl (C=O) groups is 2. The quantitative estimate of drug-likeness (QED) is 0.835. The van der Waals surface area contributed by atoms with Crippen LogP contribution in [0.4, 0.5) is 17.1 Å². The molecule has 7 nitrogen and oxygen atoms in total. The van der Waals surface area contributed by atoms with Crippen LogP contribution in [-0.2, 0) is 9.59 Å². The fourth-order valence-electron chi connectivity index (χ4n) is 3.99. The molecule has 2 heterocycles. The molecule has 0 bridgehead atoms. The van der Waals surface area contributed by atoms with Gasteiger partial charge in [-0.1, -0.05) is 12.1 Å². The summed E-state index contributed by atoms with van der Waals surface area (Å²) in [5.41, 5.74) is 1.53. The summed E-state index contributed by atoms with van der Waals surface area (Å²) in [4.78, 5) is 31.8. The largest absolute Gasteiger partial charge is 0.508 e. The minimum absolute atomic E-state index is 0.0737. The maximum atomic E-state index is 13.2. The lowest BCUT2D eigenvalue weighted by molar-refractivity contribution is -0.127. The van der Waals surface area contributed by atoms with E-state index in [2.05, 4.69) is 15.1 Å². The molecule has 0 atom stereocenters. The number of fused-ring (bicyclic) bond motifs is 1. The first-order valence-electron chi connectivity index (χ1n) is 9.86. The number of piperazine rings is 1. The second-order valence-electron chi connectivity index (χ2n) is 8.04. The predicted octanol–water partition coefficient (Wildman–Crippen LogP) is 2.28. The highest BCUT2D eigenvalue weighted by Gasteiger charge is 2.43. The zero-order valence-corrected chi connectivity index (χ0v) is 16.8. The van der Waals surface area contributed by atoms with Crippen molar-refractivity contribution >= 4 is 28.9 Å². The topological polar surface area (TPSA) is 76.1 Å². The van der Waals surface area contributed by atoms with Crippen LogP contribution in [0.25, 0.3) is 0 Å². The Morgan fingerprint density at radius 2 is 1.69 bits per heavy atom. The molecule has 4 rings (SSSR count). The van der Waals surface area contributed by atoms with Crippen LogP contribution in [0.15, 0.2) is 48.5 Å². The Morgan fingerprint density at radius 3 is 2.38 bits per heavy atom. The average Bonchev–Trinajstić information content (AvgIpc) is 2.70. The van der Waals surface area contributed by atoms with Crippen LogP contribution in [0.1, 0.15) is 13.8 Å². The predicted molar refractivity (Wildman–Crippen MR) is 113 cm³/mol. The molecule has 0 saturated carbocycles. The van der Waals surface area contributed by atoms with Crippen molar-refractivity contribution in [3.05, 3.63) is 48.5 Å². The van der Waals surface area contributed by atoms with Crippen LogP contribution < -0.4 is 15.1 Å². The molecule has 152 valence electrons. The van der Waals surface area contributed by atoms with Gasteiger partial charge in [0.15, 0.2) is 0 Å². The summed E-state index contributed by atoms with van der Waals surface area (Å²) in [6.07, 6.45) is 0. The van der Waals surface area contributed by atoms with Gasteiger partial charge in [0.25, 0.3) is 0 Å². The Hall–Kier alpha value is -3.06. The number of nitrogens with one attached hydrogen (secondary N) is 1. The number of hydrogen-bond acceptors (Lipinski definition) is 5. The highest BCUT2D eigenvalue weighted by molar-refractivity contribution is 6.14. The maximum Gasteiger partial charge on any atom is 0.250 e. The van der Waals surface area contributed by atoms with Gasteiger partial charge in [0.05, 0.1) is 17.9 Å². The number of hydrogen-bond donors (Lipinski definition) is 2. The molecule has 7 heteroatoms. The monoisotopic (exact) mass is 394 g/mol. The Kier molecular flexibility index (Phi) is 4.92. The first-order valence-corrected chi connectivity index (χ1v) is 9.86. The number of benzene rings is 2. The molecule has 0 radical (unpaired) electrons. The zero-order chi connectivity index (χ0) is 20.6. The van der Waals surface area contributed by atoms with Crippen molar-refractivity contribution in [2.45, 2.75) is 19.4 Å². The SMILES string of the molecule is CC1(C)C(=O)Nc2ccccc2N1C(=O)CN1CCN(c2ccc(O)cc2)CC1. The van der Waals surface area contributed by atoms with Crippen molar-refractivity contribution in [1.82, 2.24) is 4.90 Å². The molecule has 0 aliphatic carbocycles. The smallest absolute Gasteiger partial charge is 0.250 e. The number of phenolic OH excluding ortho intramolecular Hbond substituents is 1. The minimum atomic E-state index is -0.945. The van der Waals surface area contributed by atoms with E-state index in [1.165, 1.54) is 0 Å². The van der Waals surface area contributed by atoms with Crippen LogP contribution in [0.5, 0.6) is 5.75 Å². The third-order valence-corrected chi connectivity index (χ3v) is 5.70. The Morgan fingerprint density at radius 1 is 1.03 bits per heavy atom. The summed E-state index contributed by atoms with van der Waals surface area (Å²) in [7, 11) is 0. The first kappa shape index (κ1) is 19.3. The summed E-state index contributed by atoms with van der Waals surface area (Å²) in [5, 5.41) is 12.3. The van der Waals surface area contributed by atoms with E-state index in [0.29, 0.717) is 5.69 Å². The number of aromatic hydroxyl groups is 1. The number of amides is 2. The van der Waals surface area contributed by atoms with E-state index >= 15 is 0 Å². The van der Waals surface area contributed by atoms with E-state index in [1.54, 1.807) is 30.9 Å². The molecule has 2 amide bonds. The van der Waals surface area contributed by atoms with Gasteiger partial charge in [-0.25, -0.2) is 0 Å². The highest BCUT2D eigenvalue weighted by atomic mass is 16.3. The van der Waals surface area contributed by atoms with Gasteiger partial charge >= 0.3 is 0 Å². The van der Waals surface area contributed by atoms with Gasteiger partial charge < -0.3 is 15.3 Å². The number of carbonyl (C=O) groups excluding carboxylic acids is 2. The summed E-state index contributed by atoms with van der Waals surface area (Å²) in [6.45, 7) is 6.95. The summed E-state index contributed by atoms with van der Waals surface area (Å²) in [5.74, 6) is 0.00327. The molecule has 2 aliphatic heterocycles. The number of nitrogens with zero attached hydrogens (tertiary/aromatic N) is 3. The first-order chi connectivity index (χ1) is 13.9. The number of para-hydroxylation sites is 2. The summed E-state index contributed by atoms with van der Waals surface area (Å²) < 4.78 is 0. The number of phenols is 1. The third kappa shape index (κ3) is 3.65. The number of anilines is 3. The van der Waals surface area contributed by atoms with Crippen LogP contribution in [0, 0.1) is 0 Å². The second kappa shape index (κ2) is 7.40. The number of rotatable bonds is 3. The maximum absolute atomic E-state index is 13.2. The van der Waals surface area contributed by atoms with E-state index in [0.717, 1.165) is 37.6 Å². The highest BCUT2D eigenvalue weighted by Crippen LogP contribution is 2.36. The van der Waals surface area contributed by atoms with Gasteiger partial charge in [-0.15, -0.1) is 0 Å². The molecule has 2 N–H and O–H groups in total. The van der Waals surface area contributed by atoms with E-state index in [-0.39, 0.29) is 24.1 Å². The van der Waals surface area contributed by atoms with Gasteiger partial charge in [0.2, 0.25) is 11.8 Å². The lowest BCUT2D eigenvalue weighted by atomic mass is 9.96. The van der Waals surface area contributed by atoms with Gasteiger partial charge in [-0.2, -0.15) is 0 Å². The molecule has 0 unspecified atom stereocenters. The van der Waals surface area contributed by atoms with Crippen molar-refractivity contribution in [3.8, 4) is 5.75 Å².